The van der Waals surface area contributed by atoms with Crippen molar-refractivity contribution in [2.75, 3.05) is 26.2 Å². The van der Waals surface area contributed by atoms with Crippen LogP contribution < -0.4 is 10.5 Å². The summed E-state index contributed by atoms with van der Waals surface area (Å²) in [4.78, 5) is 2.45. The molecule has 18 heavy (non-hydrogen) atoms. The highest BCUT2D eigenvalue weighted by atomic mass is 16.5. The molecule has 1 aliphatic heterocycles. The molecule has 1 aromatic carbocycles. The molecule has 3 heteroatoms. The van der Waals surface area contributed by atoms with Crippen LogP contribution in [0.1, 0.15) is 20.3 Å². The Morgan fingerprint density at radius 1 is 1.33 bits per heavy atom. The summed E-state index contributed by atoms with van der Waals surface area (Å²) in [6.45, 7) is 8.37. The lowest BCUT2D eigenvalue weighted by Crippen LogP contribution is -2.53. The van der Waals surface area contributed by atoms with Gasteiger partial charge in [-0.3, -0.25) is 4.90 Å². The van der Waals surface area contributed by atoms with E-state index in [1.807, 2.05) is 30.3 Å². The summed E-state index contributed by atoms with van der Waals surface area (Å²) in [6, 6.07) is 10.3. The fourth-order valence-electron chi connectivity index (χ4n) is 2.49. The van der Waals surface area contributed by atoms with Crippen LogP contribution in [0, 0.1) is 5.41 Å². The summed E-state index contributed by atoms with van der Waals surface area (Å²) in [6.07, 6.45) is 1.08. The van der Waals surface area contributed by atoms with E-state index in [4.69, 9.17) is 10.5 Å². The van der Waals surface area contributed by atoms with E-state index in [0.29, 0.717) is 6.04 Å². The number of para-hydroxylation sites is 1. The summed E-state index contributed by atoms with van der Waals surface area (Å²) in [5, 5.41) is 0. The third-order valence-electron chi connectivity index (χ3n) is 3.81. The number of piperidine rings is 1. The van der Waals surface area contributed by atoms with Crippen molar-refractivity contribution in [2.24, 2.45) is 11.1 Å². The summed E-state index contributed by atoms with van der Waals surface area (Å²) < 4.78 is 5.73. The fourth-order valence-corrected chi connectivity index (χ4v) is 2.49. The van der Waals surface area contributed by atoms with Gasteiger partial charge in [-0.15, -0.1) is 0 Å². The maximum absolute atomic E-state index is 6.14. The first-order chi connectivity index (χ1) is 8.58. The Balaban J connectivity index is 1.75. The van der Waals surface area contributed by atoms with Crippen LogP contribution in [-0.2, 0) is 0 Å². The molecular weight excluding hydrogens is 224 g/mol. The van der Waals surface area contributed by atoms with Gasteiger partial charge < -0.3 is 10.5 Å². The SMILES string of the molecule is CC1(C)CN(CCOc2ccccc2)CCC1N. The van der Waals surface area contributed by atoms with E-state index >= 15 is 0 Å². The van der Waals surface area contributed by atoms with Gasteiger partial charge in [-0.05, 0) is 30.5 Å². The second-order valence-electron chi connectivity index (χ2n) is 5.82. The first-order valence-corrected chi connectivity index (χ1v) is 6.74. The highest BCUT2D eigenvalue weighted by Crippen LogP contribution is 2.27. The molecule has 0 saturated carbocycles. The minimum Gasteiger partial charge on any atom is -0.492 e. The summed E-state index contributed by atoms with van der Waals surface area (Å²) in [5.74, 6) is 0.950. The number of hydrogen-bond acceptors (Lipinski definition) is 3. The Labute approximate surface area is 110 Å². The summed E-state index contributed by atoms with van der Waals surface area (Å²) in [5.41, 5.74) is 6.35. The molecule has 2 N–H and O–H groups in total. The molecule has 0 aromatic heterocycles. The first-order valence-electron chi connectivity index (χ1n) is 6.74. The van der Waals surface area contributed by atoms with E-state index < -0.39 is 0 Å². The monoisotopic (exact) mass is 248 g/mol. The molecule has 0 bridgehead atoms. The zero-order valence-electron chi connectivity index (χ0n) is 11.4. The van der Waals surface area contributed by atoms with Crippen LogP contribution in [0.5, 0.6) is 5.75 Å². The maximum atomic E-state index is 6.14. The van der Waals surface area contributed by atoms with Gasteiger partial charge in [0.15, 0.2) is 0 Å². The summed E-state index contributed by atoms with van der Waals surface area (Å²) in [7, 11) is 0. The lowest BCUT2D eigenvalue weighted by atomic mass is 9.80. The molecule has 0 radical (unpaired) electrons. The highest BCUT2D eigenvalue weighted by Gasteiger charge is 2.32. The molecule has 100 valence electrons. The van der Waals surface area contributed by atoms with Crippen LogP contribution in [0.25, 0.3) is 0 Å². The van der Waals surface area contributed by atoms with Crippen LogP contribution in [0.15, 0.2) is 30.3 Å². The van der Waals surface area contributed by atoms with Crippen molar-refractivity contribution in [3.05, 3.63) is 30.3 Å². The van der Waals surface area contributed by atoms with E-state index in [0.717, 1.165) is 38.4 Å². The topological polar surface area (TPSA) is 38.5 Å². The predicted molar refractivity (Wildman–Crippen MR) is 74.8 cm³/mol. The van der Waals surface area contributed by atoms with E-state index in [1.165, 1.54) is 0 Å². The molecule has 1 fully saturated rings. The third kappa shape index (κ3) is 3.47. The first kappa shape index (κ1) is 13.4. The second-order valence-corrected chi connectivity index (χ2v) is 5.82. The zero-order valence-corrected chi connectivity index (χ0v) is 11.4. The minimum absolute atomic E-state index is 0.213. The van der Waals surface area contributed by atoms with Gasteiger partial charge >= 0.3 is 0 Å². The average Bonchev–Trinajstić information content (AvgIpc) is 2.35. The van der Waals surface area contributed by atoms with Crippen molar-refractivity contribution in [3.63, 3.8) is 0 Å². The van der Waals surface area contributed by atoms with Crippen molar-refractivity contribution in [1.82, 2.24) is 4.90 Å². The van der Waals surface area contributed by atoms with Crippen molar-refractivity contribution in [3.8, 4) is 5.75 Å². The van der Waals surface area contributed by atoms with Gasteiger partial charge in [0.25, 0.3) is 0 Å². The number of hydrogen-bond donors (Lipinski definition) is 1. The van der Waals surface area contributed by atoms with E-state index in [9.17, 15) is 0 Å². The van der Waals surface area contributed by atoms with Crippen LogP contribution in [0.4, 0.5) is 0 Å². The van der Waals surface area contributed by atoms with Crippen molar-refractivity contribution in [1.29, 1.82) is 0 Å². The number of nitrogens with two attached hydrogens (primary N) is 1. The van der Waals surface area contributed by atoms with Crippen molar-refractivity contribution < 1.29 is 4.74 Å². The molecule has 1 saturated heterocycles. The largest absolute Gasteiger partial charge is 0.492 e. The lowest BCUT2D eigenvalue weighted by molar-refractivity contribution is 0.0831. The Bertz CT molecular complexity index is 364. The Morgan fingerprint density at radius 2 is 2.06 bits per heavy atom. The number of nitrogens with zero attached hydrogens (tertiary/aromatic N) is 1. The van der Waals surface area contributed by atoms with Gasteiger partial charge in [0.05, 0.1) is 0 Å². The molecule has 1 atom stereocenters. The van der Waals surface area contributed by atoms with E-state index in [1.54, 1.807) is 0 Å². The van der Waals surface area contributed by atoms with Crippen LogP contribution >= 0.6 is 0 Å². The normalized spacial score (nSPS) is 23.8. The molecule has 2 rings (SSSR count). The zero-order chi connectivity index (χ0) is 13.0. The van der Waals surface area contributed by atoms with Crippen LogP contribution in [-0.4, -0.2) is 37.2 Å². The molecule has 1 aliphatic rings. The number of likely N-dealkylation sites (tertiary alicyclic amines) is 1. The minimum atomic E-state index is 0.213. The second kappa shape index (κ2) is 5.72. The molecular formula is C15H24N2O. The Hall–Kier alpha value is -1.06. The highest BCUT2D eigenvalue weighted by molar-refractivity contribution is 5.20. The predicted octanol–water partition coefficient (Wildman–Crippen LogP) is 2.12. The van der Waals surface area contributed by atoms with Crippen molar-refractivity contribution >= 4 is 0 Å². The van der Waals surface area contributed by atoms with Gasteiger partial charge in [-0.25, -0.2) is 0 Å². The molecule has 0 aliphatic carbocycles. The smallest absolute Gasteiger partial charge is 0.119 e. The van der Waals surface area contributed by atoms with Crippen LogP contribution in [0.2, 0.25) is 0 Å². The van der Waals surface area contributed by atoms with Crippen LogP contribution in [0.3, 0.4) is 0 Å². The number of benzene rings is 1. The lowest BCUT2D eigenvalue weighted by Gasteiger charge is -2.42. The molecule has 3 nitrogen and oxygen atoms in total. The quantitative estimate of drug-likeness (QED) is 0.887. The van der Waals surface area contributed by atoms with Crippen molar-refractivity contribution in [2.45, 2.75) is 26.3 Å². The van der Waals surface area contributed by atoms with E-state index in [-0.39, 0.29) is 5.41 Å². The fraction of sp³-hybridized carbons (Fsp3) is 0.600. The van der Waals surface area contributed by atoms with Gasteiger partial charge in [0, 0.05) is 19.1 Å². The molecule has 1 aromatic rings. The van der Waals surface area contributed by atoms with Gasteiger partial charge in [-0.1, -0.05) is 32.0 Å². The Morgan fingerprint density at radius 3 is 2.72 bits per heavy atom. The maximum Gasteiger partial charge on any atom is 0.119 e. The average molecular weight is 248 g/mol. The van der Waals surface area contributed by atoms with E-state index in [2.05, 4.69) is 18.7 Å². The standard InChI is InChI=1S/C15H24N2O/c1-15(2)12-17(9-8-14(15)16)10-11-18-13-6-4-3-5-7-13/h3-7,14H,8-12,16H2,1-2H3. The number of rotatable bonds is 4. The Kier molecular flexibility index (Phi) is 4.25. The van der Waals surface area contributed by atoms with Gasteiger partial charge in [0.2, 0.25) is 0 Å². The third-order valence-corrected chi connectivity index (χ3v) is 3.81. The van der Waals surface area contributed by atoms with Gasteiger partial charge in [0.1, 0.15) is 12.4 Å². The molecule has 0 spiro atoms. The number of ether oxygens (including phenoxy) is 1. The van der Waals surface area contributed by atoms with Gasteiger partial charge in [-0.2, -0.15) is 0 Å². The molecule has 0 amide bonds. The summed E-state index contributed by atoms with van der Waals surface area (Å²) >= 11 is 0. The molecule has 1 heterocycles. The molecule has 1 unspecified atom stereocenters.